The molecule has 0 saturated carbocycles. The Labute approximate surface area is 141 Å². The van der Waals surface area contributed by atoms with Crippen molar-refractivity contribution >= 4 is 46.7 Å². The SMILES string of the molecule is CSc1ncc(Cl)c(C(=O)OCC(=O)c2ccc(Cl)cc2)n1. The zero-order chi connectivity index (χ0) is 16.1. The molecular weight excluding hydrogens is 347 g/mol. The van der Waals surface area contributed by atoms with E-state index in [9.17, 15) is 9.59 Å². The van der Waals surface area contributed by atoms with E-state index in [0.717, 1.165) is 0 Å². The third kappa shape index (κ3) is 4.19. The van der Waals surface area contributed by atoms with Gasteiger partial charge >= 0.3 is 5.97 Å². The van der Waals surface area contributed by atoms with Gasteiger partial charge < -0.3 is 4.74 Å². The van der Waals surface area contributed by atoms with Crippen LogP contribution in [0, 0.1) is 0 Å². The summed E-state index contributed by atoms with van der Waals surface area (Å²) < 4.78 is 4.95. The molecule has 0 radical (unpaired) electrons. The molecule has 22 heavy (non-hydrogen) atoms. The van der Waals surface area contributed by atoms with Crippen LogP contribution >= 0.6 is 35.0 Å². The van der Waals surface area contributed by atoms with Gasteiger partial charge in [-0.25, -0.2) is 14.8 Å². The number of carbonyl (C=O) groups excluding carboxylic acids is 2. The van der Waals surface area contributed by atoms with E-state index in [1.165, 1.54) is 18.0 Å². The number of rotatable bonds is 5. The maximum Gasteiger partial charge on any atom is 0.359 e. The number of carbonyl (C=O) groups is 2. The van der Waals surface area contributed by atoms with Crippen LogP contribution in [-0.4, -0.2) is 34.6 Å². The molecule has 0 unspecified atom stereocenters. The molecule has 114 valence electrons. The summed E-state index contributed by atoms with van der Waals surface area (Å²) in [5.41, 5.74) is 0.334. The second kappa shape index (κ2) is 7.58. The number of ketones is 1. The number of ether oxygens (including phenoxy) is 1. The molecule has 1 aromatic carbocycles. The molecule has 0 amide bonds. The van der Waals surface area contributed by atoms with Gasteiger partial charge in [-0.05, 0) is 30.5 Å². The fourth-order valence-corrected chi connectivity index (χ4v) is 2.15. The highest BCUT2D eigenvalue weighted by atomic mass is 35.5. The van der Waals surface area contributed by atoms with Crippen molar-refractivity contribution in [1.82, 2.24) is 9.97 Å². The van der Waals surface area contributed by atoms with Crippen molar-refractivity contribution < 1.29 is 14.3 Å². The maximum atomic E-state index is 11.9. The first kappa shape index (κ1) is 16.7. The first-order valence-electron chi connectivity index (χ1n) is 6.03. The molecule has 2 rings (SSSR count). The molecule has 2 aromatic rings. The maximum absolute atomic E-state index is 11.9. The lowest BCUT2D eigenvalue weighted by Gasteiger charge is -2.06. The molecule has 0 aliphatic rings. The molecule has 0 fully saturated rings. The van der Waals surface area contributed by atoms with Crippen molar-refractivity contribution in [2.45, 2.75) is 5.16 Å². The van der Waals surface area contributed by atoms with Crippen LogP contribution in [0.25, 0.3) is 0 Å². The lowest BCUT2D eigenvalue weighted by Crippen LogP contribution is -2.16. The van der Waals surface area contributed by atoms with Crippen molar-refractivity contribution in [1.29, 1.82) is 0 Å². The monoisotopic (exact) mass is 356 g/mol. The average Bonchev–Trinajstić information content (AvgIpc) is 2.53. The number of nitrogens with zero attached hydrogens (tertiary/aromatic N) is 2. The van der Waals surface area contributed by atoms with Gasteiger partial charge in [0, 0.05) is 10.6 Å². The second-order valence-electron chi connectivity index (χ2n) is 4.06. The van der Waals surface area contributed by atoms with Crippen molar-refractivity contribution in [2.75, 3.05) is 12.9 Å². The molecular formula is C14H10Cl2N2O3S. The normalized spacial score (nSPS) is 10.3. The molecule has 0 N–H and O–H groups in total. The lowest BCUT2D eigenvalue weighted by molar-refractivity contribution is 0.0468. The van der Waals surface area contributed by atoms with Gasteiger partial charge in [0.1, 0.15) is 0 Å². The van der Waals surface area contributed by atoms with Crippen LogP contribution in [0.5, 0.6) is 0 Å². The molecule has 0 atom stereocenters. The number of benzene rings is 1. The molecule has 0 spiro atoms. The molecule has 0 aliphatic carbocycles. The number of hydrogen-bond acceptors (Lipinski definition) is 6. The fourth-order valence-electron chi connectivity index (χ4n) is 1.51. The van der Waals surface area contributed by atoms with Crippen LogP contribution in [0.3, 0.4) is 0 Å². The minimum Gasteiger partial charge on any atom is -0.453 e. The molecule has 0 saturated heterocycles. The number of hydrogen-bond donors (Lipinski definition) is 0. The van der Waals surface area contributed by atoms with Crippen molar-refractivity contribution in [3.05, 3.63) is 51.8 Å². The zero-order valence-corrected chi connectivity index (χ0v) is 13.7. The van der Waals surface area contributed by atoms with Gasteiger partial charge in [0.15, 0.2) is 23.2 Å². The van der Waals surface area contributed by atoms with Crippen LogP contribution in [0.1, 0.15) is 20.8 Å². The Balaban J connectivity index is 2.03. The smallest absolute Gasteiger partial charge is 0.359 e. The average molecular weight is 357 g/mol. The summed E-state index contributed by atoms with van der Waals surface area (Å²) in [6.07, 6.45) is 3.08. The molecule has 0 aliphatic heterocycles. The van der Waals surface area contributed by atoms with Gasteiger partial charge in [-0.15, -0.1) is 0 Å². The largest absolute Gasteiger partial charge is 0.453 e. The minimum absolute atomic E-state index is 0.0649. The highest BCUT2D eigenvalue weighted by Gasteiger charge is 2.17. The Bertz CT molecular complexity index is 708. The second-order valence-corrected chi connectivity index (χ2v) is 5.68. The Hall–Kier alpha value is -1.63. The third-order valence-electron chi connectivity index (χ3n) is 2.60. The first-order chi connectivity index (χ1) is 10.5. The van der Waals surface area contributed by atoms with Gasteiger partial charge in [-0.3, -0.25) is 4.79 Å². The van der Waals surface area contributed by atoms with Gasteiger partial charge in [-0.1, -0.05) is 35.0 Å². The van der Waals surface area contributed by atoms with E-state index >= 15 is 0 Å². The van der Waals surface area contributed by atoms with E-state index < -0.39 is 12.6 Å². The van der Waals surface area contributed by atoms with Crippen LogP contribution < -0.4 is 0 Å². The van der Waals surface area contributed by atoms with E-state index in [0.29, 0.717) is 15.7 Å². The van der Waals surface area contributed by atoms with Gasteiger partial charge in [0.2, 0.25) is 0 Å². The van der Waals surface area contributed by atoms with Crippen LogP contribution in [-0.2, 0) is 4.74 Å². The zero-order valence-electron chi connectivity index (χ0n) is 11.4. The number of thioether (sulfide) groups is 1. The molecule has 0 bridgehead atoms. The van der Waals surface area contributed by atoms with Crippen molar-refractivity contribution in [3.8, 4) is 0 Å². The topological polar surface area (TPSA) is 69.2 Å². The summed E-state index contributed by atoms with van der Waals surface area (Å²) in [5.74, 6) is -1.12. The standard InChI is InChI=1S/C14H10Cl2N2O3S/c1-22-14-17-6-10(16)12(18-14)13(20)21-7-11(19)8-2-4-9(15)5-3-8/h2-6H,7H2,1H3. The Morgan fingerprint density at radius 1 is 1.23 bits per heavy atom. The number of Topliss-reactive ketones (excluding diaryl/α,β-unsaturated/α-hetero) is 1. The molecule has 1 aromatic heterocycles. The van der Waals surface area contributed by atoms with Crippen molar-refractivity contribution in [3.63, 3.8) is 0 Å². The highest BCUT2D eigenvalue weighted by Crippen LogP contribution is 2.17. The quantitative estimate of drug-likeness (QED) is 0.353. The van der Waals surface area contributed by atoms with Gasteiger partial charge in [0.05, 0.1) is 11.2 Å². The van der Waals surface area contributed by atoms with E-state index in [1.807, 2.05) is 0 Å². The lowest BCUT2D eigenvalue weighted by atomic mass is 10.1. The number of aromatic nitrogens is 2. The summed E-state index contributed by atoms with van der Waals surface area (Å²) in [5, 5.41) is 0.980. The van der Waals surface area contributed by atoms with E-state index in [1.54, 1.807) is 30.5 Å². The van der Waals surface area contributed by atoms with E-state index in [2.05, 4.69) is 9.97 Å². The first-order valence-corrected chi connectivity index (χ1v) is 8.01. The number of halogens is 2. The van der Waals surface area contributed by atoms with Crippen LogP contribution in [0.15, 0.2) is 35.6 Å². The Morgan fingerprint density at radius 2 is 1.91 bits per heavy atom. The minimum atomic E-state index is -0.773. The summed E-state index contributed by atoms with van der Waals surface area (Å²) >= 11 is 12.9. The highest BCUT2D eigenvalue weighted by molar-refractivity contribution is 7.98. The predicted molar refractivity (Wildman–Crippen MR) is 84.9 cm³/mol. The molecule has 5 nitrogen and oxygen atoms in total. The fraction of sp³-hybridized carbons (Fsp3) is 0.143. The summed E-state index contributed by atoms with van der Waals surface area (Å²) in [4.78, 5) is 31.7. The van der Waals surface area contributed by atoms with Crippen LogP contribution in [0.4, 0.5) is 0 Å². The van der Waals surface area contributed by atoms with E-state index in [-0.39, 0.29) is 16.5 Å². The summed E-state index contributed by atoms with van der Waals surface area (Å²) in [7, 11) is 0. The molecule has 8 heteroatoms. The van der Waals surface area contributed by atoms with Gasteiger partial charge in [0.25, 0.3) is 0 Å². The third-order valence-corrected chi connectivity index (χ3v) is 3.69. The summed E-state index contributed by atoms with van der Waals surface area (Å²) in [6, 6.07) is 6.29. The molecule has 1 heterocycles. The van der Waals surface area contributed by atoms with E-state index in [4.69, 9.17) is 27.9 Å². The number of esters is 1. The van der Waals surface area contributed by atoms with Crippen LogP contribution in [0.2, 0.25) is 10.0 Å². The Morgan fingerprint density at radius 3 is 2.55 bits per heavy atom. The van der Waals surface area contributed by atoms with Crippen molar-refractivity contribution in [2.24, 2.45) is 0 Å². The van der Waals surface area contributed by atoms with Gasteiger partial charge in [-0.2, -0.15) is 0 Å². The Kier molecular flexibility index (Phi) is 5.76. The predicted octanol–water partition coefficient (Wildman–Crippen LogP) is 3.55. The summed E-state index contributed by atoms with van der Waals surface area (Å²) in [6.45, 7) is -0.407.